The molecule has 3 nitrogen and oxygen atoms in total. The molecule has 0 unspecified atom stereocenters. The van der Waals surface area contributed by atoms with Crippen LogP contribution in [0.3, 0.4) is 0 Å². The monoisotopic (exact) mass is 311 g/mol. The number of thiophene rings is 1. The maximum atomic E-state index is 4.81. The molecule has 1 aliphatic heterocycles. The van der Waals surface area contributed by atoms with Gasteiger partial charge >= 0.3 is 0 Å². The average Bonchev–Trinajstić information content (AvgIpc) is 3.14. The number of piperidine rings is 1. The lowest BCUT2D eigenvalue weighted by Gasteiger charge is -2.31. The Morgan fingerprint density at radius 2 is 2.23 bits per heavy atom. The number of benzene rings is 1. The van der Waals surface area contributed by atoms with Crippen molar-refractivity contribution in [3.8, 4) is 0 Å². The number of nitrogens with one attached hydrogen (secondary N) is 1. The van der Waals surface area contributed by atoms with E-state index < -0.39 is 0 Å². The number of imidazole rings is 1. The first-order valence-corrected chi connectivity index (χ1v) is 8.87. The summed E-state index contributed by atoms with van der Waals surface area (Å²) in [5.41, 5.74) is 3.67. The van der Waals surface area contributed by atoms with Crippen LogP contribution in [0.1, 0.15) is 35.0 Å². The molecule has 2 aromatic heterocycles. The van der Waals surface area contributed by atoms with Crippen molar-refractivity contribution >= 4 is 22.4 Å². The molecule has 0 amide bonds. The Labute approximate surface area is 135 Å². The molecule has 0 spiro atoms. The van der Waals surface area contributed by atoms with Gasteiger partial charge < -0.3 is 4.98 Å². The lowest BCUT2D eigenvalue weighted by atomic mass is 9.97. The second kappa shape index (κ2) is 5.86. The smallest absolute Gasteiger partial charge is 0.111 e. The van der Waals surface area contributed by atoms with E-state index in [9.17, 15) is 0 Å². The number of nitrogens with zero attached hydrogens (tertiary/aromatic N) is 2. The second-order valence-electron chi connectivity index (χ2n) is 6.24. The molecule has 114 valence electrons. The number of aromatic nitrogens is 2. The zero-order chi connectivity index (χ0) is 14.9. The molecule has 0 saturated carbocycles. The molecule has 3 aromatic rings. The average molecular weight is 311 g/mol. The molecule has 0 radical (unpaired) electrons. The van der Waals surface area contributed by atoms with Gasteiger partial charge in [0.15, 0.2) is 0 Å². The first-order valence-electron chi connectivity index (χ1n) is 7.99. The predicted octanol–water partition coefficient (Wildman–Crippen LogP) is 4.31. The molecule has 1 saturated heterocycles. The number of rotatable bonds is 3. The third kappa shape index (κ3) is 2.69. The van der Waals surface area contributed by atoms with Crippen molar-refractivity contribution in [2.45, 2.75) is 32.2 Å². The number of likely N-dealkylation sites (tertiary alicyclic amines) is 1. The van der Waals surface area contributed by atoms with E-state index in [1.165, 1.54) is 29.8 Å². The summed E-state index contributed by atoms with van der Waals surface area (Å²) in [4.78, 5) is 12.4. The second-order valence-corrected chi connectivity index (χ2v) is 7.24. The summed E-state index contributed by atoms with van der Waals surface area (Å²) in [6.45, 7) is 5.61. The van der Waals surface area contributed by atoms with E-state index in [0.29, 0.717) is 5.92 Å². The summed E-state index contributed by atoms with van der Waals surface area (Å²) in [7, 11) is 0. The van der Waals surface area contributed by atoms with Gasteiger partial charge in [0.1, 0.15) is 5.82 Å². The van der Waals surface area contributed by atoms with Crippen molar-refractivity contribution in [2.75, 3.05) is 13.1 Å². The van der Waals surface area contributed by atoms with Gasteiger partial charge in [-0.2, -0.15) is 0 Å². The van der Waals surface area contributed by atoms with Gasteiger partial charge in [0.05, 0.1) is 11.0 Å². The highest BCUT2D eigenvalue weighted by molar-refractivity contribution is 7.10. The van der Waals surface area contributed by atoms with Gasteiger partial charge in [-0.05, 0) is 55.5 Å². The Morgan fingerprint density at radius 1 is 1.32 bits per heavy atom. The topological polar surface area (TPSA) is 31.9 Å². The van der Waals surface area contributed by atoms with E-state index in [4.69, 9.17) is 4.98 Å². The van der Waals surface area contributed by atoms with Crippen LogP contribution in [0.25, 0.3) is 11.0 Å². The number of fused-ring (bicyclic) bond motifs is 1. The summed E-state index contributed by atoms with van der Waals surface area (Å²) in [5, 5.41) is 2.20. The van der Waals surface area contributed by atoms with Crippen LogP contribution in [0.2, 0.25) is 0 Å². The molecule has 0 aliphatic carbocycles. The molecule has 1 aliphatic rings. The number of hydrogen-bond donors (Lipinski definition) is 1. The maximum absolute atomic E-state index is 4.81. The van der Waals surface area contributed by atoms with Crippen LogP contribution in [0.4, 0.5) is 0 Å². The number of H-pyrrole nitrogens is 1. The lowest BCUT2D eigenvalue weighted by molar-refractivity contribution is 0.198. The first kappa shape index (κ1) is 14.0. The highest BCUT2D eigenvalue weighted by Gasteiger charge is 2.24. The fourth-order valence-electron chi connectivity index (χ4n) is 3.36. The molecular weight excluding hydrogens is 290 g/mol. The number of aromatic amines is 1. The van der Waals surface area contributed by atoms with Crippen molar-refractivity contribution in [3.63, 3.8) is 0 Å². The number of aryl methyl sites for hydroxylation is 1. The summed E-state index contributed by atoms with van der Waals surface area (Å²) in [6, 6.07) is 10.5. The van der Waals surface area contributed by atoms with Gasteiger partial charge in [0.2, 0.25) is 0 Å². The zero-order valence-corrected chi connectivity index (χ0v) is 13.7. The summed E-state index contributed by atoms with van der Waals surface area (Å²) < 4.78 is 0. The summed E-state index contributed by atoms with van der Waals surface area (Å²) in [6.07, 6.45) is 2.49. The maximum Gasteiger partial charge on any atom is 0.111 e. The highest BCUT2D eigenvalue weighted by atomic mass is 32.1. The van der Waals surface area contributed by atoms with E-state index in [2.05, 4.69) is 52.5 Å². The minimum absolute atomic E-state index is 0.529. The van der Waals surface area contributed by atoms with Crippen molar-refractivity contribution in [3.05, 3.63) is 52.0 Å². The van der Waals surface area contributed by atoms with Gasteiger partial charge in [0.25, 0.3) is 0 Å². The molecule has 1 aromatic carbocycles. The van der Waals surface area contributed by atoms with E-state index in [0.717, 1.165) is 29.9 Å². The van der Waals surface area contributed by atoms with E-state index in [-0.39, 0.29) is 0 Å². The molecule has 1 N–H and O–H groups in total. The van der Waals surface area contributed by atoms with Crippen LogP contribution in [0.5, 0.6) is 0 Å². The predicted molar refractivity (Wildman–Crippen MR) is 92.4 cm³/mol. The first-order chi connectivity index (χ1) is 10.8. The van der Waals surface area contributed by atoms with Crippen molar-refractivity contribution in [1.82, 2.24) is 14.9 Å². The molecule has 4 rings (SSSR count). The molecule has 1 fully saturated rings. The van der Waals surface area contributed by atoms with Crippen LogP contribution in [0, 0.1) is 6.92 Å². The molecule has 3 heterocycles. The Balaban J connectivity index is 1.51. The van der Waals surface area contributed by atoms with Crippen LogP contribution in [-0.4, -0.2) is 28.0 Å². The van der Waals surface area contributed by atoms with Crippen LogP contribution >= 0.6 is 11.3 Å². The normalized spacial score (nSPS) is 19.8. The van der Waals surface area contributed by atoms with Crippen LogP contribution in [-0.2, 0) is 6.54 Å². The Morgan fingerprint density at radius 3 is 3.05 bits per heavy atom. The van der Waals surface area contributed by atoms with E-state index in [1.807, 2.05) is 11.3 Å². The fraction of sp³-hybridized carbons (Fsp3) is 0.389. The largest absolute Gasteiger partial charge is 0.342 e. The van der Waals surface area contributed by atoms with Crippen LogP contribution < -0.4 is 0 Å². The fourth-order valence-corrected chi connectivity index (χ4v) is 4.30. The van der Waals surface area contributed by atoms with Crippen molar-refractivity contribution in [1.29, 1.82) is 0 Å². The van der Waals surface area contributed by atoms with Crippen molar-refractivity contribution < 1.29 is 0 Å². The number of hydrogen-bond acceptors (Lipinski definition) is 3. The van der Waals surface area contributed by atoms with E-state index >= 15 is 0 Å². The highest BCUT2D eigenvalue weighted by Crippen LogP contribution is 2.28. The molecule has 22 heavy (non-hydrogen) atoms. The van der Waals surface area contributed by atoms with Gasteiger partial charge in [-0.25, -0.2) is 4.98 Å². The quantitative estimate of drug-likeness (QED) is 0.781. The standard InChI is InChI=1S/C18H21N3S/c1-13-8-10-22-17(13)12-21-9-4-5-14(11-21)18-19-15-6-2-3-7-16(15)20-18/h2-3,6-8,10,14H,4-5,9,11-12H2,1H3,(H,19,20)/t14-/m0/s1. The van der Waals surface area contributed by atoms with Gasteiger partial charge in [-0.15, -0.1) is 11.3 Å². The van der Waals surface area contributed by atoms with Gasteiger partial charge in [-0.3, -0.25) is 4.90 Å². The van der Waals surface area contributed by atoms with Crippen LogP contribution in [0.15, 0.2) is 35.7 Å². The Hall–Kier alpha value is -1.65. The minimum Gasteiger partial charge on any atom is -0.342 e. The summed E-state index contributed by atoms with van der Waals surface area (Å²) >= 11 is 1.88. The molecule has 0 bridgehead atoms. The Bertz CT molecular complexity index is 740. The van der Waals surface area contributed by atoms with Gasteiger partial charge in [0, 0.05) is 23.9 Å². The lowest BCUT2D eigenvalue weighted by Crippen LogP contribution is -2.34. The minimum atomic E-state index is 0.529. The zero-order valence-electron chi connectivity index (χ0n) is 12.9. The number of para-hydroxylation sites is 2. The van der Waals surface area contributed by atoms with E-state index in [1.54, 1.807) is 0 Å². The van der Waals surface area contributed by atoms with Gasteiger partial charge in [-0.1, -0.05) is 12.1 Å². The summed E-state index contributed by atoms with van der Waals surface area (Å²) in [5.74, 6) is 1.69. The molecule has 4 heteroatoms. The molecule has 1 atom stereocenters. The third-order valence-corrected chi connectivity index (χ3v) is 5.64. The van der Waals surface area contributed by atoms with Crippen molar-refractivity contribution in [2.24, 2.45) is 0 Å². The Kier molecular flexibility index (Phi) is 3.72. The molecular formula is C18H21N3S. The SMILES string of the molecule is Cc1ccsc1CN1CCC[C@H](c2nc3ccccc3[nH]2)C1. The third-order valence-electron chi connectivity index (χ3n) is 4.64.